The minimum atomic E-state index is -0.977. The minimum absolute atomic E-state index is 0.381. The fourth-order valence-corrected chi connectivity index (χ4v) is 1.99. The van der Waals surface area contributed by atoms with Crippen LogP contribution in [0.5, 0.6) is 0 Å². The summed E-state index contributed by atoms with van der Waals surface area (Å²) in [6, 6.07) is 19.6. The molecule has 0 aromatic heterocycles. The van der Waals surface area contributed by atoms with Crippen molar-refractivity contribution in [3.05, 3.63) is 83.9 Å². The Labute approximate surface area is 136 Å². The number of rotatable bonds is 9. The molecule has 2 aromatic rings. The Hall–Kier alpha value is -2.43. The normalized spacial score (nSPS) is 11.2. The van der Waals surface area contributed by atoms with Crippen LogP contribution < -0.4 is 0 Å². The highest BCUT2D eigenvalue weighted by Crippen LogP contribution is 2.11. The van der Waals surface area contributed by atoms with E-state index < -0.39 is 12.3 Å². The van der Waals surface area contributed by atoms with Crippen LogP contribution in [0.2, 0.25) is 0 Å². The summed E-state index contributed by atoms with van der Waals surface area (Å²) < 4.78 is 11.5. The fraction of sp³-hybridized carbons (Fsp3) is 0.211. The van der Waals surface area contributed by atoms with Gasteiger partial charge in [-0.2, -0.15) is 0 Å². The summed E-state index contributed by atoms with van der Waals surface area (Å²) in [5.41, 5.74) is 2.09. The third-order valence-corrected chi connectivity index (χ3v) is 3.15. The first-order valence-electron chi connectivity index (χ1n) is 7.44. The lowest BCUT2D eigenvalue weighted by molar-refractivity contribution is -0.154. The van der Waals surface area contributed by atoms with Gasteiger partial charge in [0.2, 0.25) is 0 Å². The molecular formula is C19H20O4. The number of carbonyl (C=O) groups is 1. The van der Waals surface area contributed by atoms with Crippen LogP contribution in [-0.2, 0) is 27.5 Å². The Morgan fingerprint density at radius 2 is 1.39 bits per heavy atom. The van der Waals surface area contributed by atoms with E-state index >= 15 is 0 Å². The summed E-state index contributed by atoms with van der Waals surface area (Å²) >= 11 is 0. The standard InChI is InChI=1S/C19H20O4/c20-18(21)12-7-13-19(22-14-16-8-3-1-4-9-16)23-15-17-10-5-2-6-11-17/h1-12,19H,13-15H2,(H,20,21)/b12-7+. The number of hydrogen-bond donors (Lipinski definition) is 1. The molecule has 0 aliphatic heterocycles. The van der Waals surface area contributed by atoms with Crippen molar-refractivity contribution in [3.63, 3.8) is 0 Å². The molecule has 0 saturated carbocycles. The van der Waals surface area contributed by atoms with Crippen LogP contribution in [0.1, 0.15) is 17.5 Å². The van der Waals surface area contributed by atoms with Crippen LogP contribution in [0.25, 0.3) is 0 Å². The van der Waals surface area contributed by atoms with E-state index in [0.29, 0.717) is 19.6 Å². The molecule has 23 heavy (non-hydrogen) atoms. The Morgan fingerprint density at radius 1 is 0.913 bits per heavy atom. The Morgan fingerprint density at radius 3 is 1.83 bits per heavy atom. The molecule has 0 aliphatic rings. The SMILES string of the molecule is O=C(O)/C=C/CC(OCc1ccccc1)OCc1ccccc1. The third kappa shape index (κ3) is 6.91. The first-order chi connectivity index (χ1) is 11.2. The maximum atomic E-state index is 10.6. The molecule has 1 N–H and O–H groups in total. The number of ether oxygens (including phenoxy) is 2. The van der Waals surface area contributed by atoms with Crippen molar-refractivity contribution in [3.8, 4) is 0 Å². The molecule has 0 amide bonds. The lowest BCUT2D eigenvalue weighted by atomic mass is 10.2. The molecule has 0 saturated heterocycles. The molecule has 0 aliphatic carbocycles. The van der Waals surface area contributed by atoms with E-state index in [4.69, 9.17) is 14.6 Å². The summed E-state index contributed by atoms with van der Waals surface area (Å²) in [6.07, 6.45) is 2.53. The van der Waals surface area contributed by atoms with E-state index in [2.05, 4.69) is 0 Å². The summed E-state index contributed by atoms with van der Waals surface area (Å²) in [5, 5.41) is 8.67. The number of benzene rings is 2. The first kappa shape index (κ1) is 16.9. The monoisotopic (exact) mass is 312 g/mol. The smallest absolute Gasteiger partial charge is 0.327 e. The number of hydrogen-bond acceptors (Lipinski definition) is 3. The van der Waals surface area contributed by atoms with E-state index in [0.717, 1.165) is 17.2 Å². The molecule has 0 heterocycles. The van der Waals surface area contributed by atoms with Crippen molar-refractivity contribution in [1.29, 1.82) is 0 Å². The molecule has 4 heteroatoms. The maximum Gasteiger partial charge on any atom is 0.327 e. The van der Waals surface area contributed by atoms with Crippen LogP contribution >= 0.6 is 0 Å². The van der Waals surface area contributed by atoms with Gasteiger partial charge in [-0.15, -0.1) is 0 Å². The third-order valence-electron chi connectivity index (χ3n) is 3.15. The van der Waals surface area contributed by atoms with Gasteiger partial charge >= 0.3 is 5.97 Å². The second kappa shape index (κ2) is 9.56. The molecule has 0 bridgehead atoms. The van der Waals surface area contributed by atoms with Gasteiger partial charge in [-0.25, -0.2) is 4.79 Å². The lowest BCUT2D eigenvalue weighted by Gasteiger charge is -2.17. The van der Waals surface area contributed by atoms with Crippen LogP contribution in [0.15, 0.2) is 72.8 Å². The highest BCUT2D eigenvalue weighted by atomic mass is 16.7. The van der Waals surface area contributed by atoms with Gasteiger partial charge < -0.3 is 14.6 Å². The maximum absolute atomic E-state index is 10.6. The minimum Gasteiger partial charge on any atom is -0.478 e. The molecule has 0 unspecified atom stereocenters. The van der Waals surface area contributed by atoms with Gasteiger partial charge in [-0.05, 0) is 11.1 Å². The van der Waals surface area contributed by atoms with Gasteiger partial charge in [-0.3, -0.25) is 0 Å². The largest absolute Gasteiger partial charge is 0.478 e. The average molecular weight is 312 g/mol. The van der Waals surface area contributed by atoms with Crippen molar-refractivity contribution in [2.45, 2.75) is 25.9 Å². The van der Waals surface area contributed by atoms with Crippen LogP contribution in [0.4, 0.5) is 0 Å². The summed E-state index contributed by atoms with van der Waals surface area (Å²) in [4.78, 5) is 10.6. The number of aliphatic carboxylic acids is 1. The quantitative estimate of drug-likeness (QED) is 0.565. The lowest BCUT2D eigenvalue weighted by Crippen LogP contribution is -2.16. The molecule has 2 rings (SSSR count). The average Bonchev–Trinajstić information content (AvgIpc) is 2.58. The predicted octanol–water partition coefficient (Wildman–Crippen LogP) is 3.78. The van der Waals surface area contributed by atoms with Gasteiger partial charge in [-0.1, -0.05) is 66.7 Å². The first-order valence-corrected chi connectivity index (χ1v) is 7.44. The molecule has 0 spiro atoms. The molecule has 0 fully saturated rings. The summed E-state index contributed by atoms with van der Waals surface area (Å²) in [5.74, 6) is -0.977. The van der Waals surface area contributed by atoms with Gasteiger partial charge in [0.05, 0.1) is 13.2 Å². The fourth-order valence-electron chi connectivity index (χ4n) is 1.99. The van der Waals surface area contributed by atoms with Crippen molar-refractivity contribution in [2.24, 2.45) is 0 Å². The summed E-state index contributed by atoms with van der Waals surface area (Å²) in [6.45, 7) is 0.836. The second-order valence-corrected chi connectivity index (χ2v) is 5.00. The molecule has 120 valence electrons. The zero-order valence-electron chi connectivity index (χ0n) is 12.8. The van der Waals surface area contributed by atoms with Crippen LogP contribution in [0.3, 0.4) is 0 Å². The number of carboxylic acid groups (broad SMARTS) is 1. The molecule has 0 radical (unpaired) electrons. The molecular weight excluding hydrogens is 292 g/mol. The van der Waals surface area contributed by atoms with Crippen LogP contribution in [-0.4, -0.2) is 17.4 Å². The predicted molar refractivity (Wildman–Crippen MR) is 87.6 cm³/mol. The Bertz CT molecular complexity index is 564. The zero-order valence-corrected chi connectivity index (χ0v) is 12.8. The highest BCUT2D eigenvalue weighted by Gasteiger charge is 2.09. The van der Waals surface area contributed by atoms with Gasteiger partial charge in [0.25, 0.3) is 0 Å². The van der Waals surface area contributed by atoms with Gasteiger partial charge in [0.1, 0.15) is 0 Å². The molecule has 2 aromatic carbocycles. The van der Waals surface area contributed by atoms with Gasteiger partial charge in [0.15, 0.2) is 6.29 Å². The highest BCUT2D eigenvalue weighted by molar-refractivity contribution is 5.79. The van der Waals surface area contributed by atoms with Gasteiger partial charge in [0, 0.05) is 12.5 Å². The van der Waals surface area contributed by atoms with Crippen molar-refractivity contribution >= 4 is 5.97 Å². The van der Waals surface area contributed by atoms with Crippen molar-refractivity contribution in [1.82, 2.24) is 0 Å². The topological polar surface area (TPSA) is 55.8 Å². The second-order valence-electron chi connectivity index (χ2n) is 5.00. The van der Waals surface area contributed by atoms with E-state index in [1.54, 1.807) is 6.08 Å². The zero-order chi connectivity index (χ0) is 16.3. The number of carboxylic acids is 1. The molecule has 0 atom stereocenters. The van der Waals surface area contributed by atoms with Crippen LogP contribution in [0, 0.1) is 0 Å². The van der Waals surface area contributed by atoms with E-state index in [9.17, 15) is 4.79 Å². The Balaban J connectivity index is 1.89. The Kier molecular flexibility index (Phi) is 7.04. The van der Waals surface area contributed by atoms with E-state index in [1.165, 1.54) is 0 Å². The van der Waals surface area contributed by atoms with Crippen molar-refractivity contribution in [2.75, 3.05) is 0 Å². The summed E-state index contributed by atoms with van der Waals surface area (Å²) in [7, 11) is 0. The van der Waals surface area contributed by atoms with E-state index in [1.807, 2.05) is 60.7 Å². The van der Waals surface area contributed by atoms with Crippen molar-refractivity contribution < 1.29 is 19.4 Å². The van der Waals surface area contributed by atoms with E-state index in [-0.39, 0.29) is 0 Å². The molecule has 4 nitrogen and oxygen atoms in total.